The van der Waals surface area contributed by atoms with Crippen molar-refractivity contribution in [3.8, 4) is 0 Å². The molecule has 1 aromatic carbocycles. The van der Waals surface area contributed by atoms with E-state index in [0.717, 1.165) is 24.3 Å². The first-order valence-corrected chi connectivity index (χ1v) is 6.62. The number of aliphatic hydroxyl groups is 1. The first-order valence-electron chi connectivity index (χ1n) is 6.09. The van der Waals surface area contributed by atoms with E-state index in [-0.39, 0.29) is 11.8 Å². The highest BCUT2D eigenvalue weighted by Gasteiger charge is 2.21. The quantitative estimate of drug-likeness (QED) is 0.801. The first-order chi connectivity index (χ1) is 8.70. The summed E-state index contributed by atoms with van der Waals surface area (Å²) in [5, 5.41) is 12.5. The average Bonchev–Trinajstić information content (AvgIpc) is 2.82. The number of benzene rings is 1. The summed E-state index contributed by atoms with van der Waals surface area (Å²) < 4.78 is 0. The smallest absolute Gasteiger partial charge is 0.227 e. The standard InChI is InChI=1S/C13H17ClN2O2/c14-8-12(17)9-15-10-3-1-4-11(7-10)16-6-2-5-13(16)18/h1,3-4,7,12,15,17H,2,5-6,8-9H2. The molecule has 0 saturated carbocycles. The lowest BCUT2D eigenvalue weighted by Gasteiger charge is -2.17. The number of carbonyl (C=O) groups excluding carboxylic acids is 1. The fourth-order valence-corrected chi connectivity index (χ4v) is 2.10. The van der Waals surface area contributed by atoms with Crippen molar-refractivity contribution in [3.05, 3.63) is 24.3 Å². The molecule has 0 spiro atoms. The summed E-state index contributed by atoms with van der Waals surface area (Å²) in [6.45, 7) is 1.19. The minimum absolute atomic E-state index is 0.174. The number of rotatable bonds is 5. The van der Waals surface area contributed by atoms with Crippen LogP contribution in [0.15, 0.2) is 24.3 Å². The van der Waals surface area contributed by atoms with Crippen LogP contribution in [-0.4, -0.2) is 36.1 Å². The van der Waals surface area contributed by atoms with Crippen molar-refractivity contribution in [3.63, 3.8) is 0 Å². The van der Waals surface area contributed by atoms with Crippen LogP contribution < -0.4 is 10.2 Å². The van der Waals surface area contributed by atoms with Gasteiger partial charge in [-0.15, -0.1) is 11.6 Å². The van der Waals surface area contributed by atoms with Crippen LogP contribution in [0.4, 0.5) is 11.4 Å². The van der Waals surface area contributed by atoms with Crippen LogP contribution >= 0.6 is 11.6 Å². The van der Waals surface area contributed by atoms with Gasteiger partial charge in [-0.1, -0.05) is 6.07 Å². The van der Waals surface area contributed by atoms with Gasteiger partial charge in [0.15, 0.2) is 0 Å². The Bertz CT molecular complexity index is 425. The third kappa shape index (κ3) is 3.15. The van der Waals surface area contributed by atoms with E-state index in [0.29, 0.717) is 13.0 Å². The van der Waals surface area contributed by atoms with Crippen LogP contribution in [0.1, 0.15) is 12.8 Å². The molecule has 4 nitrogen and oxygen atoms in total. The van der Waals surface area contributed by atoms with Crippen LogP contribution in [0, 0.1) is 0 Å². The van der Waals surface area contributed by atoms with Crippen LogP contribution in [0.3, 0.4) is 0 Å². The predicted octanol–water partition coefficient (Wildman–Crippen LogP) is 1.82. The van der Waals surface area contributed by atoms with Gasteiger partial charge in [-0.05, 0) is 24.6 Å². The van der Waals surface area contributed by atoms with E-state index in [2.05, 4.69) is 5.32 Å². The maximum absolute atomic E-state index is 11.6. The fraction of sp³-hybridized carbons (Fsp3) is 0.462. The van der Waals surface area contributed by atoms with Crippen molar-refractivity contribution in [1.29, 1.82) is 0 Å². The topological polar surface area (TPSA) is 52.6 Å². The summed E-state index contributed by atoms with van der Waals surface area (Å²) in [5.74, 6) is 0.380. The van der Waals surface area contributed by atoms with Gasteiger partial charge in [-0.2, -0.15) is 0 Å². The minimum atomic E-state index is -0.566. The number of nitrogens with one attached hydrogen (secondary N) is 1. The molecular formula is C13H17ClN2O2. The van der Waals surface area contributed by atoms with Gasteiger partial charge in [0.2, 0.25) is 5.91 Å². The zero-order chi connectivity index (χ0) is 13.0. The Morgan fingerprint density at radius 2 is 2.33 bits per heavy atom. The van der Waals surface area contributed by atoms with E-state index in [1.165, 1.54) is 0 Å². The third-order valence-electron chi connectivity index (χ3n) is 2.95. The summed E-state index contributed by atoms with van der Waals surface area (Å²) in [6.07, 6.45) is 0.980. The number of hydrogen-bond acceptors (Lipinski definition) is 3. The SMILES string of the molecule is O=C1CCCN1c1cccc(NCC(O)CCl)c1. The molecule has 2 N–H and O–H groups in total. The molecule has 0 radical (unpaired) electrons. The number of nitrogens with zero attached hydrogens (tertiary/aromatic N) is 1. The van der Waals surface area contributed by atoms with Crippen molar-refractivity contribution in [2.24, 2.45) is 0 Å². The molecule has 1 aliphatic rings. The number of anilines is 2. The summed E-state index contributed by atoms with van der Waals surface area (Å²) in [6, 6.07) is 7.65. The van der Waals surface area contributed by atoms with Crippen LogP contribution in [0.2, 0.25) is 0 Å². The molecule has 1 heterocycles. The number of aliphatic hydroxyl groups excluding tert-OH is 1. The molecule has 18 heavy (non-hydrogen) atoms. The minimum Gasteiger partial charge on any atom is -0.390 e. The normalized spacial score (nSPS) is 17.0. The number of alkyl halides is 1. The molecule has 1 aromatic rings. The summed E-state index contributed by atoms with van der Waals surface area (Å²) in [4.78, 5) is 13.4. The Labute approximate surface area is 112 Å². The highest BCUT2D eigenvalue weighted by Crippen LogP contribution is 2.24. The van der Waals surface area contributed by atoms with E-state index < -0.39 is 6.10 Å². The van der Waals surface area contributed by atoms with Crippen LogP contribution in [0.5, 0.6) is 0 Å². The van der Waals surface area contributed by atoms with Crippen LogP contribution in [0.25, 0.3) is 0 Å². The van der Waals surface area contributed by atoms with Crippen molar-refractivity contribution < 1.29 is 9.90 Å². The molecule has 5 heteroatoms. The average molecular weight is 269 g/mol. The highest BCUT2D eigenvalue weighted by atomic mass is 35.5. The molecular weight excluding hydrogens is 252 g/mol. The molecule has 98 valence electrons. The van der Waals surface area contributed by atoms with Crippen molar-refractivity contribution >= 4 is 28.9 Å². The molecule has 1 unspecified atom stereocenters. The maximum Gasteiger partial charge on any atom is 0.227 e. The first kappa shape index (κ1) is 13.2. The monoisotopic (exact) mass is 268 g/mol. The molecule has 1 amide bonds. The zero-order valence-electron chi connectivity index (χ0n) is 10.1. The van der Waals surface area contributed by atoms with Crippen LogP contribution in [-0.2, 0) is 4.79 Å². The number of carbonyl (C=O) groups is 1. The molecule has 1 aliphatic heterocycles. The predicted molar refractivity (Wildman–Crippen MR) is 73.2 cm³/mol. The van der Waals surface area contributed by atoms with Crippen molar-refractivity contribution in [2.45, 2.75) is 18.9 Å². The number of halogens is 1. The van der Waals surface area contributed by atoms with E-state index in [9.17, 15) is 9.90 Å². The van der Waals surface area contributed by atoms with Crippen molar-refractivity contribution in [1.82, 2.24) is 0 Å². The van der Waals surface area contributed by atoms with Gasteiger partial charge in [0.25, 0.3) is 0 Å². The molecule has 1 fully saturated rings. The van der Waals surface area contributed by atoms with Gasteiger partial charge in [0, 0.05) is 30.9 Å². The lowest BCUT2D eigenvalue weighted by atomic mass is 10.2. The van der Waals surface area contributed by atoms with Gasteiger partial charge in [0.1, 0.15) is 0 Å². The Morgan fingerprint density at radius 1 is 1.50 bits per heavy atom. The third-order valence-corrected chi connectivity index (χ3v) is 3.31. The Hall–Kier alpha value is -1.26. The maximum atomic E-state index is 11.6. The summed E-state index contributed by atoms with van der Waals surface area (Å²) in [7, 11) is 0. The number of hydrogen-bond donors (Lipinski definition) is 2. The fourth-order valence-electron chi connectivity index (χ4n) is 2.00. The molecule has 1 saturated heterocycles. The molecule has 2 rings (SSSR count). The Balaban J connectivity index is 2.03. The van der Waals surface area contributed by atoms with E-state index in [1.54, 1.807) is 4.90 Å². The Kier molecular flexibility index (Phi) is 4.44. The van der Waals surface area contributed by atoms with Gasteiger partial charge < -0.3 is 15.3 Å². The van der Waals surface area contributed by atoms with Gasteiger partial charge in [-0.25, -0.2) is 0 Å². The Morgan fingerprint density at radius 3 is 3.00 bits per heavy atom. The molecule has 0 bridgehead atoms. The summed E-state index contributed by atoms with van der Waals surface area (Å²) in [5.41, 5.74) is 1.79. The second kappa shape index (κ2) is 6.07. The van der Waals surface area contributed by atoms with Crippen molar-refractivity contribution in [2.75, 3.05) is 29.2 Å². The molecule has 1 atom stereocenters. The summed E-state index contributed by atoms with van der Waals surface area (Å²) >= 11 is 5.53. The van der Waals surface area contributed by atoms with Gasteiger partial charge in [-0.3, -0.25) is 4.79 Å². The lowest BCUT2D eigenvalue weighted by molar-refractivity contribution is -0.117. The molecule has 0 aliphatic carbocycles. The van der Waals surface area contributed by atoms with E-state index >= 15 is 0 Å². The second-order valence-corrected chi connectivity index (χ2v) is 4.70. The lowest BCUT2D eigenvalue weighted by Crippen LogP contribution is -2.24. The highest BCUT2D eigenvalue weighted by molar-refractivity contribution is 6.18. The molecule has 0 aromatic heterocycles. The number of amides is 1. The van der Waals surface area contributed by atoms with E-state index in [1.807, 2.05) is 24.3 Å². The van der Waals surface area contributed by atoms with E-state index in [4.69, 9.17) is 11.6 Å². The second-order valence-electron chi connectivity index (χ2n) is 4.39. The van der Waals surface area contributed by atoms with Gasteiger partial charge in [0.05, 0.1) is 12.0 Å². The zero-order valence-corrected chi connectivity index (χ0v) is 10.9. The van der Waals surface area contributed by atoms with Gasteiger partial charge >= 0.3 is 0 Å². The largest absolute Gasteiger partial charge is 0.390 e.